The summed E-state index contributed by atoms with van der Waals surface area (Å²) in [6.45, 7) is 3.79. The maximum Gasteiger partial charge on any atom is 0.237 e. The third-order valence-corrected chi connectivity index (χ3v) is 4.84. The number of carbonyl (C=O) groups excluding carboxylic acids is 1. The smallest absolute Gasteiger partial charge is 0.237 e. The lowest BCUT2D eigenvalue weighted by Gasteiger charge is -2.25. The first-order valence-corrected chi connectivity index (χ1v) is 8.85. The summed E-state index contributed by atoms with van der Waals surface area (Å²) in [4.78, 5) is 15.0. The molecule has 2 atom stereocenters. The van der Waals surface area contributed by atoms with Crippen LogP contribution in [-0.2, 0) is 11.3 Å². The van der Waals surface area contributed by atoms with Crippen LogP contribution in [0.3, 0.4) is 0 Å². The van der Waals surface area contributed by atoms with Crippen molar-refractivity contribution in [2.45, 2.75) is 38.4 Å². The van der Waals surface area contributed by atoms with Gasteiger partial charge in [0.05, 0.1) is 12.1 Å². The van der Waals surface area contributed by atoms with Crippen molar-refractivity contribution in [3.63, 3.8) is 0 Å². The van der Waals surface area contributed by atoms with Crippen molar-refractivity contribution in [2.24, 2.45) is 0 Å². The lowest BCUT2D eigenvalue weighted by atomic mass is 10.1. The van der Waals surface area contributed by atoms with Gasteiger partial charge in [-0.15, -0.1) is 0 Å². The molecule has 0 bridgehead atoms. The third-order valence-electron chi connectivity index (χ3n) is 4.60. The Morgan fingerprint density at radius 1 is 1.25 bits per heavy atom. The summed E-state index contributed by atoms with van der Waals surface area (Å²) in [7, 11) is 0. The van der Waals surface area contributed by atoms with Crippen LogP contribution in [-0.4, -0.2) is 23.4 Å². The first kappa shape index (κ1) is 17.0. The number of carbonyl (C=O) groups is 1. The van der Waals surface area contributed by atoms with E-state index >= 15 is 0 Å². The van der Waals surface area contributed by atoms with Gasteiger partial charge >= 0.3 is 0 Å². The van der Waals surface area contributed by atoms with Crippen molar-refractivity contribution in [1.82, 2.24) is 10.2 Å². The van der Waals surface area contributed by atoms with Gasteiger partial charge in [-0.3, -0.25) is 9.69 Å². The van der Waals surface area contributed by atoms with Crippen molar-refractivity contribution >= 4 is 17.5 Å². The van der Waals surface area contributed by atoms with Gasteiger partial charge in [-0.05, 0) is 49.6 Å². The molecule has 0 saturated carbocycles. The quantitative estimate of drug-likeness (QED) is 0.884. The van der Waals surface area contributed by atoms with E-state index in [1.54, 1.807) is 0 Å². The first-order chi connectivity index (χ1) is 11.6. The zero-order valence-corrected chi connectivity index (χ0v) is 14.7. The number of amides is 1. The van der Waals surface area contributed by atoms with Crippen LogP contribution in [0.25, 0.3) is 0 Å². The molecule has 1 amide bonds. The highest BCUT2D eigenvalue weighted by Crippen LogP contribution is 2.22. The van der Waals surface area contributed by atoms with Gasteiger partial charge in [0.1, 0.15) is 0 Å². The highest BCUT2D eigenvalue weighted by Gasteiger charge is 2.31. The molecule has 1 saturated heterocycles. The van der Waals surface area contributed by atoms with Gasteiger partial charge in [0.25, 0.3) is 0 Å². The van der Waals surface area contributed by atoms with Crippen molar-refractivity contribution < 1.29 is 4.79 Å². The van der Waals surface area contributed by atoms with Gasteiger partial charge in [0.2, 0.25) is 5.91 Å². The van der Waals surface area contributed by atoms with E-state index in [2.05, 4.69) is 22.3 Å². The van der Waals surface area contributed by atoms with E-state index in [1.807, 2.05) is 49.4 Å². The second-order valence-electron chi connectivity index (χ2n) is 6.40. The maximum absolute atomic E-state index is 12.7. The molecular weight excluding hydrogens is 320 g/mol. The standard InChI is InChI=1S/C20H23ClN2O/c1-15(17-9-5-10-18(21)13-17)22-20(24)19-11-6-12-23(19)14-16-7-3-2-4-8-16/h2-5,7-10,13,15,19H,6,11-12,14H2,1H3,(H,22,24)/t15-,19-/m1/s1. The maximum atomic E-state index is 12.7. The molecule has 3 nitrogen and oxygen atoms in total. The average molecular weight is 343 g/mol. The highest BCUT2D eigenvalue weighted by molar-refractivity contribution is 6.30. The predicted molar refractivity (Wildman–Crippen MR) is 97.9 cm³/mol. The SMILES string of the molecule is C[C@@H](NC(=O)[C@H]1CCCN1Cc1ccccc1)c1cccc(Cl)c1. The zero-order valence-electron chi connectivity index (χ0n) is 13.9. The zero-order chi connectivity index (χ0) is 16.9. The van der Waals surface area contributed by atoms with E-state index in [4.69, 9.17) is 11.6 Å². The van der Waals surface area contributed by atoms with Crippen molar-refractivity contribution in [3.8, 4) is 0 Å². The van der Waals surface area contributed by atoms with E-state index < -0.39 is 0 Å². The Morgan fingerprint density at radius 3 is 2.79 bits per heavy atom. The molecule has 0 aliphatic carbocycles. The number of nitrogens with one attached hydrogen (secondary N) is 1. The number of benzene rings is 2. The Hall–Kier alpha value is -1.84. The number of rotatable bonds is 5. The fourth-order valence-electron chi connectivity index (χ4n) is 3.30. The number of halogens is 1. The number of nitrogens with zero attached hydrogens (tertiary/aromatic N) is 1. The molecule has 1 aliphatic heterocycles. The highest BCUT2D eigenvalue weighted by atomic mass is 35.5. The summed E-state index contributed by atoms with van der Waals surface area (Å²) in [6, 6.07) is 17.9. The van der Waals surface area contributed by atoms with Gasteiger partial charge in [0.15, 0.2) is 0 Å². The molecule has 0 radical (unpaired) electrons. The molecule has 2 aromatic rings. The van der Waals surface area contributed by atoms with Gasteiger partial charge in [-0.25, -0.2) is 0 Å². The van der Waals surface area contributed by atoms with Crippen LogP contribution < -0.4 is 5.32 Å². The monoisotopic (exact) mass is 342 g/mol. The Bertz CT molecular complexity index is 689. The van der Waals surface area contributed by atoms with Crippen LogP contribution in [0.2, 0.25) is 5.02 Å². The summed E-state index contributed by atoms with van der Waals surface area (Å²) < 4.78 is 0. The Kier molecular flexibility index (Phi) is 5.54. The third kappa shape index (κ3) is 4.16. The van der Waals surface area contributed by atoms with Crippen molar-refractivity contribution in [1.29, 1.82) is 0 Å². The van der Waals surface area contributed by atoms with E-state index in [9.17, 15) is 4.79 Å². The van der Waals surface area contributed by atoms with E-state index in [1.165, 1.54) is 5.56 Å². The molecular formula is C20H23ClN2O. The number of hydrogen-bond donors (Lipinski definition) is 1. The lowest BCUT2D eigenvalue weighted by Crippen LogP contribution is -2.43. The number of likely N-dealkylation sites (tertiary alicyclic amines) is 1. The molecule has 1 heterocycles. The van der Waals surface area contributed by atoms with E-state index in [0.29, 0.717) is 5.02 Å². The predicted octanol–water partition coefficient (Wildman–Crippen LogP) is 4.18. The van der Waals surface area contributed by atoms with Crippen LogP contribution in [0.1, 0.15) is 36.9 Å². The molecule has 1 aliphatic rings. The van der Waals surface area contributed by atoms with Crippen molar-refractivity contribution in [3.05, 3.63) is 70.7 Å². The van der Waals surface area contributed by atoms with Crippen LogP contribution in [0.15, 0.2) is 54.6 Å². The Morgan fingerprint density at radius 2 is 2.04 bits per heavy atom. The summed E-state index contributed by atoms with van der Waals surface area (Å²) in [5, 5.41) is 3.84. The number of hydrogen-bond acceptors (Lipinski definition) is 2. The van der Waals surface area contributed by atoms with Crippen LogP contribution in [0, 0.1) is 0 Å². The van der Waals surface area contributed by atoms with Crippen LogP contribution in [0.5, 0.6) is 0 Å². The van der Waals surface area contributed by atoms with Gasteiger partial charge in [-0.1, -0.05) is 54.1 Å². The minimum atomic E-state index is -0.0492. The summed E-state index contributed by atoms with van der Waals surface area (Å²) >= 11 is 6.05. The Labute approximate surface area is 148 Å². The normalized spacial score (nSPS) is 19.2. The summed E-state index contributed by atoms with van der Waals surface area (Å²) in [5.74, 6) is 0.107. The molecule has 0 aromatic heterocycles. The molecule has 126 valence electrons. The van der Waals surface area contributed by atoms with Crippen molar-refractivity contribution in [2.75, 3.05) is 6.54 Å². The lowest BCUT2D eigenvalue weighted by molar-refractivity contribution is -0.126. The molecule has 3 rings (SSSR count). The fourth-order valence-corrected chi connectivity index (χ4v) is 3.50. The van der Waals surface area contributed by atoms with Gasteiger partial charge < -0.3 is 5.32 Å². The molecule has 4 heteroatoms. The first-order valence-electron chi connectivity index (χ1n) is 8.47. The minimum Gasteiger partial charge on any atom is -0.348 e. The van der Waals surface area contributed by atoms with E-state index in [0.717, 1.165) is 31.5 Å². The second-order valence-corrected chi connectivity index (χ2v) is 6.84. The largest absolute Gasteiger partial charge is 0.348 e. The molecule has 1 fully saturated rings. The van der Waals surface area contributed by atoms with E-state index in [-0.39, 0.29) is 18.0 Å². The van der Waals surface area contributed by atoms with Gasteiger partial charge in [-0.2, -0.15) is 0 Å². The topological polar surface area (TPSA) is 32.3 Å². The summed E-state index contributed by atoms with van der Waals surface area (Å²) in [5.41, 5.74) is 2.28. The van der Waals surface area contributed by atoms with Gasteiger partial charge in [0, 0.05) is 11.6 Å². The second kappa shape index (κ2) is 7.82. The molecule has 2 aromatic carbocycles. The molecule has 1 N–H and O–H groups in total. The molecule has 24 heavy (non-hydrogen) atoms. The molecule has 0 spiro atoms. The minimum absolute atomic E-state index is 0.0459. The van der Waals surface area contributed by atoms with Crippen LogP contribution >= 0.6 is 11.6 Å². The summed E-state index contributed by atoms with van der Waals surface area (Å²) in [6.07, 6.45) is 1.98. The van der Waals surface area contributed by atoms with Crippen LogP contribution in [0.4, 0.5) is 0 Å². The Balaban J connectivity index is 1.63. The average Bonchev–Trinajstić information content (AvgIpc) is 3.04. The fraction of sp³-hybridized carbons (Fsp3) is 0.350. The molecule has 0 unspecified atom stereocenters.